The number of nitrogens with one attached hydrogen (secondary N) is 3. The van der Waals surface area contributed by atoms with Crippen LogP contribution >= 0.6 is 0 Å². The lowest BCUT2D eigenvalue weighted by Gasteiger charge is -2.17. The number of pyridine rings is 1. The lowest BCUT2D eigenvalue weighted by molar-refractivity contribution is -0.136. The summed E-state index contributed by atoms with van der Waals surface area (Å²) in [6.45, 7) is 0. The number of aromatic hydroxyl groups is 1. The number of nitrogen functional groups attached to an aromatic ring is 1. The van der Waals surface area contributed by atoms with E-state index in [1.807, 2.05) is 0 Å². The van der Waals surface area contributed by atoms with Gasteiger partial charge in [-0.25, -0.2) is 0 Å². The number of amidine groups is 1. The number of aliphatic carboxylic acids is 1. The summed E-state index contributed by atoms with van der Waals surface area (Å²) in [6.07, 6.45) is -0.255. The minimum absolute atomic E-state index is 0.00813. The molecule has 0 saturated carbocycles. The number of nitrogens with two attached hydrogens (primary N) is 2. The Morgan fingerprint density at radius 2 is 1.62 bits per heavy atom. The van der Waals surface area contributed by atoms with Crippen LogP contribution in [0.5, 0.6) is 40.5 Å². The normalized spacial score (nSPS) is 10.5. The summed E-state index contributed by atoms with van der Waals surface area (Å²) in [4.78, 5) is 14.9. The van der Waals surface area contributed by atoms with E-state index < -0.39 is 40.9 Å². The second kappa shape index (κ2) is 12.5. The highest BCUT2D eigenvalue weighted by molar-refractivity contribution is 5.95. The molecule has 0 bridgehead atoms. The number of anilines is 1. The van der Waals surface area contributed by atoms with Gasteiger partial charge >= 0.3 is 5.97 Å². The highest BCUT2D eigenvalue weighted by Crippen LogP contribution is 2.41. The van der Waals surface area contributed by atoms with E-state index in [0.717, 1.165) is 12.1 Å². The predicted octanol–water partition coefficient (Wildman–Crippen LogP) is 5.05. The molecule has 1 heterocycles. The maximum atomic E-state index is 15.8. The molecule has 1 aromatic heterocycles. The van der Waals surface area contributed by atoms with Crippen LogP contribution in [0, 0.1) is 22.5 Å². The molecule has 0 spiro atoms. The number of phenolic OH excluding ortho intramolecular Hbond substituents is 1. The number of hydrogen-bond donors (Lipinski definition) is 7. The summed E-state index contributed by atoms with van der Waals surface area (Å²) in [5, 5.41) is 36.9. The van der Waals surface area contributed by atoms with E-state index in [9.17, 15) is 9.90 Å². The van der Waals surface area contributed by atoms with Crippen LogP contribution in [-0.2, 0) is 11.2 Å². The Morgan fingerprint density at radius 3 is 2.31 bits per heavy atom. The van der Waals surface area contributed by atoms with Crippen molar-refractivity contribution in [3.63, 3.8) is 0 Å². The number of phenols is 1. The molecule has 0 aliphatic heterocycles. The first-order valence-electron chi connectivity index (χ1n) is 12.1. The van der Waals surface area contributed by atoms with Gasteiger partial charge in [-0.15, -0.1) is 0 Å². The number of nitrogens with zero attached hydrogens (tertiary/aromatic N) is 1. The molecule has 0 fully saturated rings. The maximum Gasteiger partial charge on any atom is 0.303 e. The van der Waals surface area contributed by atoms with Crippen LogP contribution in [0.15, 0.2) is 66.7 Å². The van der Waals surface area contributed by atoms with Gasteiger partial charge in [0.2, 0.25) is 17.4 Å². The number of aryl methyl sites for hydroxylation is 1. The molecular weight excluding hydrogens is 554 g/mol. The first-order chi connectivity index (χ1) is 20.0. The summed E-state index contributed by atoms with van der Waals surface area (Å²) in [5.74, 6) is -8.05. The monoisotopic (exact) mass is 578 g/mol. The number of halogens is 2. The average Bonchev–Trinajstić information content (AvgIpc) is 2.93. The summed E-state index contributed by atoms with van der Waals surface area (Å²) >= 11 is 0. The van der Waals surface area contributed by atoms with E-state index in [2.05, 4.69) is 10.3 Å². The van der Waals surface area contributed by atoms with Gasteiger partial charge in [0.05, 0.1) is 0 Å². The van der Waals surface area contributed by atoms with Crippen molar-refractivity contribution in [3.8, 4) is 40.5 Å². The van der Waals surface area contributed by atoms with E-state index >= 15 is 8.78 Å². The van der Waals surface area contributed by atoms with Crippen molar-refractivity contribution >= 4 is 23.5 Å². The van der Waals surface area contributed by atoms with Crippen LogP contribution in [0.2, 0.25) is 0 Å². The van der Waals surface area contributed by atoms with Crippen LogP contribution < -0.4 is 31.0 Å². The number of guanidine groups is 1. The standard InChI is InChI=1S/C28H24F2N6O6/c29-22-24(41-19-7-2-1-4-14(19)9-11-21(38)39)23(30)27(42-20-12-15(25(31)32)8-10-18(20)37)36-26(22)40-17-6-3-5-16(13-17)35-28(33)34/h1-8,10,12-13,37H,9,11H2,(H3,31,32)(H,38,39)(H4,33,34,35). The Hall–Kier alpha value is -5.92. The van der Waals surface area contributed by atoms with Crippen LogP contribution in [0.3, 0.4) is 0 Å². The Morgan fingerprint density at radius 1 is 0.905 bits per heavy atom. The molecule has 216 valence electrons. The number of benzene rings is 3. The van der Waals surface area contributed by atoms with Gasteiger partial charge in [-0.05, 0) is 48.4 Å². The molecule has 4 aromatic rings. The van der Waals surface area contributed by atoms with E-state index in [4.69, 9.17) is 41.6 Å². The lowest BCUT2D eigenvalue weighted by atomic mass is 10.1. The average molecular weight is 579 g/mol. The van der Waals surface area contributed by atoms with Crippen LogP contribution in [0.1, 0.15) is 17.5 Å². The van der Waals surface area contributed by atoms with Gasteiger partial charge in [0.15, 0.2) is 17.5 Å². The molecule has 0 radical (unpaired) electrons. The SMILES string of the molecule is N=C(N)Nc1cccc(Oc2nc(Oc3cc(C(=N)N)ccc3O)c(F)c(Oc3ccccc3CCC(=O)O)c2F)c1. The maximum absolute atomic E-state index is 15.8. The molecule has 0 unspecified atom stereocenters. The quantitative estimate of drug-likeness (QED) is 0.0930. The number of carboxylic acids is 1. The highest BCUT2D eigenvalue weighted by Gasteiger charge is 2.27. The van der Waals surface area contributed by atoms with Gasteiger partial charge in [0.25, 0.3) is 11.8 Å². The van der Waals surface area contributed by atoms with Crippen molar-refractivity contribution in [2.75, 3.05) is 5.32 Å². The predicted molar refractivity (Wildman–Crippen MR) is 148 cm³/mol. The third-order valence-electron chi connectivity index (χ3n) is 5.58. The number of ether oxygens (including phenoxy) is 3. The zero-order valence-electron chi connectivity index (χ0n) is 21.7. The fraction of sp³-hybridized carbons (Fsp3) is 0.0714. The topological polar surface area (TPSA) is 210 Å². The van der Waals surface area contributed by atoms with Crippen molar-refractivity contribution in [3.05, 3.63) is 89.5 Å². The van der Waals surface area contributed by atoms with E-state index in [1.54, 1.807) is 18.2 Å². The Bertz CT molecular complexity index is 1680. The number of aromatic nitrogens is 1. The number of rotatable bonds is 11. The van der Waals surface area contributed by atoms with Crippen molar-refractivity contribution in [2.45, 2.75) is 12.8 Å². The van der Waals surface area contributed by atoms with Crippen molar-refractivity contribution < 1.29 is 38.0 Å². The van der Waals surface area contributed by atoms with Gasteiger partial charge in [-0.3, -0.25) is 15.6 Å². The largest absolute Gasteiger partial charge is 0.504 e. The third kappa shape index (κ3) is 6.98. The van der Waals surface area contributed by atoms with Gasteiger partial charge in [-0.2, -0.15) is 13.8 Å². The van der Waals surface area contributed by atoms with Crippen LogP contribution in [0.25, 0.3) is 0 Å². The zero-order chi connectivity index (χ0) is 30.4. The molecule has 0 aliphatic carbocycles. The summed E-state index contributed by atoms with van der Waals surface area (Å²) < 4.78 is 48.2. The molecule has 0 aliphatic rings. The van der Waals surface area contributed by atoms with E-state index in [0.29, 0.717) is 11.3 Å². The molecular formula is C28H24F2N6O6. The molecule has 9 N–H and O–H groups in total. The Balaban J connectivity index is 1.81. The molecule has 42 heavy (non-hydrogen) atoms. The second-order valence-electron chi connectivity index (χ2n) is 8.65. The van der Waals surface area contributed by atoms with Crippen LogP contribution in [0.4, 0.5) is 14.5 Å². The lowest BCUT2D eigenvalue weighted by Crippen LogP contribution is -2.20. The van der Waals surface area contributed by atoms with E-state index in [-0.39, 0.29) is 47.4 Å². The molecule has 0 saturated heterocycles. The highest BCUT2D eigenvalue weighted by atomic mass is 19.1. The van der Waals surface area contributed by atoms with Crippen molar-refractivity contribution in [1.29, 1.82) is 10.8 Å². The fourth-order valence-corrected chi connectivity index (χ4v) is 3.64. The minimum atomic E-state index is -1.41. The number of carboxylic acid groups (broad SMARTS) is 1. The second-order valence-corrected chi connectivity index (χ2v) is 8.65. The van der Waals surface area contributed by atoms with Crippen molar-refractivity contribution in [2.24, 2.45) is 11.5 Å². The Labute approximate surface area is 237 Å². The van der Waals surface area contributed by atoms with Gasteiger partial charge in [-0.1, -0.05) is 24.3 Å². The first-order valence-corrected chi connectivity index (χ1v) is 12.1. The minimum Gasteiger partial charge on any atom is -0.504 e. The van der Waals surface area contributed by atoms with E-state index in [1.165, 1.54) is 36.4 Å². The molecule has 0 atom stereocenters. The molecule has 14 heteroatoms. The Kier molecular flexibility index (Phi) is 8.66. The fourth-order valence-electron chi connectivity index (χ4n) is 3.64. The number of hydrogen-bond acceptors (Lipinski definition) is 8. The third-order valence-corrected chi connectivity index (χ3v) is 5.58. The van der Waals surface area contributed by atoms with Gasteiger partial charge < -0.3 is 41.2 Å². The molecule has 4 rings (SSSR count). The molecule has 0 amide bonds. The van der Waals surface area contributed by atoms with Crippen molar-refractivity contribution in [1.82, 2.24) is 4.98 Å². The number of para-hydroxylation sites is 1. The summed E-state index contributed by atoms with van der Waals surface area (Å²) in [7, 11) is 0. The van der Waals surface area contributed by atoms with Gasteiger partial charge in [0.1, 0.15) is 17.3 Å². The zero-order valence-corrected chi connectivity index (χ0v) is 21.7. The molecule has 3 aromatic carbocycles. The molecule has 12 nitrogen and oxygen atoms in total. The first kappa shape index (κ1) is 29.1. The summed E-state index contributed by atoms with van der Waals surface area (Å²) in [5.41, 5.74) is 11.7. The summed E-state index contributed by atoms with van der Waals surface area (Å²) in [6, 6.07) is 15.6. The smallest absolute Gasteiger partial charge is 0.303 e. The number of carbonyl (C=O) groups is 1. The van der Waals surface area contributed by atoms with Crippen LogP contribution in [-0.4, -0.2) is 33.0 Å². The van der Waals surface area contributed by atoms with Gasteiger partial charge in [0, 0.05) is 23.7 Å².